The number of hydrogen-bond acceptors (Lipinski definition) is 4. The van der Waals surface area contributed by atoms with Crippen molar-refractivity contribution in [3.05, 3.63) is 64.1 Å². The Labute approximate surface area is 159 Å². The van der Waals surface area contributed by atoms with Crippen LogP contribution < -0.4 is 14.8 Å². The number of carbonyl (C=O) groups excluding carboxylic acids is 1. The van der Waals surface area contributed by atoms with E-state index in [2.05, 4.69) is 21.2 Å². The minimum Gasteiger partial charge on any atom is -0.493 e. The molecule has 0 aromatic heterocycles. The molecule has 0 saturated carbocycles. The summed E-state index contributed by atoms with van der Waals surface area (Å²) >= 11 is 3.35. The molecule has 0 spiro atoms. The van der Waals surface area contributed by atoms with E-state index >= 15 is 0 Å². The molecule has 2 N–H and O–H groups in total. The van der Waals surface area contributed by atoms with Gasteiger partial charge >= 0.3 is 5.97 Å². The number of methoxy groups -OCH3 is 1. The first-order valence-corrected chi connectivity index (χ1v) is 8.51. The van der Waals surface area contributed by atoms with Gasteiger partial charge in [-0.2, -0.15) is 0 Å². The quantitative estimate of drug-likeness (QED) is 0.641. The smallest absolute Gasteiger partial charge is 0.328 e. The van der Waals surface area contributed by atoms with Crippen LogP contribution in [0.5, 0.6) is 11.5 Å². The number of nitrogens with one attached hydrogen (secondary N) is 1. The van der Waals surface area contributed by atoms with Crippen molar-refractivity contribution in [2.45, 2.75) is 6.54 Å². The summed E-state index contributed by atoms with van der Waals surface area (Å²) in [5, 5.41) is 11.5. The first kappa shape index (κ1) is 19.5. The predicted octanol–water partition coefficient (Wildman–Crippen LogP) is 3.25. The van der Waals surface area contributed by atoms with Crippen molar-refractivity contribution < 1.29 is 24.2 Å². The van der Waals surface area contributed by atoms with E-state index in [1.807, 2.05) is 30.3 Å². The van der Waals surface area contributed by atoms with Gasteiger partial charge in [0.05, 0.1) is 7.11 Å². The summed E-state index contributed by atoms with van der Waals surface area (Å²) in [4.78, 5) is 22.6. The largest absolute Gasteiger partial charge is 0.493 e. The van der Waals surface area contributed by atoms with E-state index in [0.717, 1.165) is 11.6 Å². The van der Waals surface area contributed by atoms with E-state index in [1.165, 1.54) is 13.2 Å². The molecular weight excluding hydrogens is 402 g/mol. The number of ether oxygens (including phenoxy) is 2. The molecule has 0 unspecified atom stereocenters. The molecule has 2 rings (SSSR count). The van der Waals surface area contributed by atoms with Crippen LogP contribution in [0.1, 0.15) is 11.1 Å². The SMILES string of the molecule is COc1cc(/C=C/C(=O)O)c(Br)cc1OCC(=O)NCc1ccccc1. The molecule has 0 bridgehead atoms. The van der Waals surface area contributed by atoms with Crippen molar-refractivity contribution in [3.8, 4) is 11.5 Å². The van der Waals surface area contributed by atoms with Gasteiger partial charge in [0.25, 0.3) is 5.91 Å². The van der Waals surface area contributed by atoms with Crippen LogP contribution >= 0.6 is 15.9 Å². The van der Waals surface area contributed by atoms with Gasteiger partial charge < -0.3 is 19.9 Å². The fourth-order valence-corrected chi connectivity index (χ4v) is 2.56. The van der Waals surface area contributed by atoms with E-state index in [4.69, 9.17) is 14.6 Å². The highest BCUT2D eigenvalue weighted by Crippen LogP contribution is 2.34. The molecule has 0 aliphatic heterocycles. The second-order valence-electron chi connectivity index (χ2n) is 5.25. The fourth-order valence-electron chi connectivity index (χ4n) is 2.10. The maximum atomic E-state index is 12.0. The van der Waals surface area contributed by atoms with Gasteiger partial charge in [0.15, 0.2) is 18.1 Å². The van der Waals surface area contributed by atoms with Crippen molar-refractivity contribution in [1.29, 1.82) is 0 Å². The number of aliphatic carboxylic acids is 1. The summed E-state index contributed by atoms with van der Waals surface area (Å²) in [6, 6.07) is 12.8. The van der Waals surface area contributed by atoms with Gasteiger partial charge in [0.1, 0.15) is 0 Å². The Balaban J connectivity index is 1.98. The molecule has 0 heterocycles. The molecule has 0 fully saturated rings. The van der Waals surface area contributed by atoms with E-state index in [9.17, 15) is 9.59 Å². The summed E-state index contributed by atoms with van der Waals surface area (Å²) in [7, 11) is 1.47. The number of amides is 1. The van der Waals surface area contributed by atoms with Gasteiger partial charge in [-0.05, 0) is 29.3 Å². The van der Waals surface area contributed by atoms with Crippen molar-refractivity contribution in [3.63, 3.8) is 0 Å². The van der Waals surface area contributed by atoms with Gasteiger partial charge in [0, 0.05) is 17.1 Å². The lowest BCUT2D eigenvalue weighted by Crippen LogP contribution is -2.28. The van der Waals surface area contributed by atoms with E-state index in [0.29, 0.717) is 28.1 Å². The minimum absolute atomic E-state index is 0.167. The van der Waals surface area contributed by atoms with Crippen LogP contribution in [0, 0.1) is 0 Å². The van der Waals surface area contributed by atoms with Crippen LogP contribution in [-0.2, 0) is 16.1 Å². The summed E-state index contributed by atoms with van der Waals surface area (Å²) in [6.07, 6.45) is 2.46. The Hall–Kier alpha value is -2.80. The van der Waals surface area contributed by atoms with Gasteiger partial charge in [-0.25, -0.2) is 4.79 Å². The lowest BCUT2D eigenvalue weighted by atomic mass is 10.2. The number of carboxylic acid groups (broad SMARTS) is 1. The van der Waals surface area contributed by atoms with Gasteiger partial charge in [0.2, 0.25) is 0 Å². The molecule has 0 radical (unpaired) electrons. The standard InChI is InChI=1S/C19H18BrNO5/c1-25-16-9-14(7-8-19(23)24)15(20)10-17(16)26-12-18(22)21-11-13-5-3-2-4-6-13/h2-10H,11-12H2,1H3,(H,21,22)(H,23,24)/b8-7+. The summed E-state index contributed by atoms with van der Waals surface area (Å²) < 4.78 is 11.4. The molecular formula is C19H18BrNO5. The Morgan fingerprint density at radius 2 is 1.92 bits per heavy atom. The highest BCUT2D eigenvalue weighted by atomic mass is 79.9. The monoisotopic (exact) mass is 419 g/mol. The lowest BCUT2D eigenvalue weighted by Gasteiger charge is -2.13. The van der Waals surface area contributed by atoms with Gasteiger partial charge in [-0.3, -0.25) is 4.79 Å². The summed E-state index contributed by atoms with van der Waals surface area (Å²) in [6.45, 7) is 0.253. The van der Waals surface area contributed by atoms with Crippen molar-refractivity contribution in [2.24, 2.45) is 0 Å². The second-order valence-corrected chi connectivity index (χ2v) is 6.10. The van der Waals surface area contributed by atoms with Crippen molar-refractivity contribution >= 4 is 33.9 Å². The molecule has 7 heteroatoms. The number of halogens is 1. The first-order chi connectivity index (χ1) is 12.5. The van der Waals surface area contributed by atoms with E-state index in [-0.39, 0.29) is 12.5 Å². The number of rotatable bonds is 8. The molecule has 2 aromatic rings. The van der Waals surface area contributed by atoms with Crippen LogP contribution in [0.25, 0.3) is 6.08 Å². The second kappa shape index (κ2) is 9.62. The zero-order valence-electron chi connectivity index (χ0n) is 14.1. The third-order valence-corrected chi connectivity index (χ3v) is 4.07. The maximum Gasteiger partial charge on any atom is 0.328 e. The maximum absolute atomic E-state index is 12.0. The van der Waals surface area contributed by atoms with Crippen molar-refractivity contribution in [1.82, 2.24) is 5.32 Å². The van der Waals surface area contributed by atoms with Crippen LogP contribution in [0.2, 0.25) is 0 Å². The highest BCUT2D eigenvalue weighted by molar-refractivity contribution is 9.10. The summed E-state index contributed by atoms with van der Waals surface area (Å²) in [5.41, 5.74) is 1.61. The molecule has 26 heavy (non-hydrogen) atoms. The molecule has 0 saturated heterocycles. The fraction of sp³-hybridized carbons (Fsp3) is 0.158. The van der Waals surface area contributed by atoms with Crippen LogP contribution in [0.3, 0.4) is 0 Å². The predicted molar refractivity (Wildman–Crippen MR) is 101 cm³/mol. The topological polar surface area (TPSA) is 84.9 Å². The number of hydrogen-bond donors (Lipinski definition) is 2. The average molecular weight is 420 g/mol. The van der Waals surface area contributed by atoms with E-state index in [1.54, 1.807) is 12.1 Å². The van der Waals surface area contributed by atoms with Crippen LogP contribution in [0.15, 0.2) is 53.0 Å². The van der Waals surface area contributed by atoms with E-state index < -0.39 is 5.97 Å². The minimum atomic E-state index is -1.05. The number of benzene rings is 2. The third kappa shape index (κ3) is 5.93. The molecule has 6 nitrogen and oxygen atoms in total. The molecule has 2 aromatic carbocycles. The normalized spacial score (nSPS) is 10.5. The third-order valence-electron chi connectivity index (χ3n) is 3.38. The molecule has 0 aliphatic rings. The molecule has 136 valence electrons. The first-order valence-electron chi connectivity index (χ1n) is 7.71. The number of carbonyl (C=O) groups is 2. The molecule has 1 amide bonds. The van der Waals surface area contributed by atoms with Crippen LogP contribution in [0.4, 0.5) is 0 Å². The van der Waals surface area contributed by atoms with Gasteiger partial charge in [-0.1, -0.05) is 46.3 Å². The van der Waals surface area contributed by atoms with Gasteiger partial charge in [-0.15, -0.1) is 0 Å². The Morgan fingerprint density at radius 1 is 1.19 bits per heavy atom. The Bertz CT molecular complexity index is 805. The zero-order chi connectivity index (χ0) is 18.9. The highest BCUT2D eigenvalue weighted by Gasteiger charge is 2.11. The van der Waals surface area contributed by atoms with Crippen molar-refractivity contribution in [2.75, 3.05) is 13.7 Å². The molecule has 0 atom stereocenters. The Kier molecular flexibility index (Phi) is 7.23. The lowest BCUT2D eigenvalue weighted by molar-refractivity contribution is -0.131. The van der Waals surface area contributed by atoms with Crippen LogP contribution in [-0.4, -0.2) is 30.7 Å². The number of carboxylic acids is 1. The zero-order valence-corrected chi connectivity index (χ0v) is 15.7. The molecule has 0 aliphatic carbocycles. The Morgan fingerprint density at radius 3 is 2.58 bits per heavy atom. The average Bonchev–Trinajstić information content (AvgIpc) is 2.64. The summed E-state index contributed by atoms with van der Waals surface area (Å²) in [5.74, 6) is -0.538.